The van der Waals surface area contributed by atoms with Gasteiger partial charge in [0, 0.05) is 31.0 Å². The minimum absolute atomic E-state index is 0.126. The maximum Gasteiger partial charge on any atom is 0.411 e. The van der Waals surface area contributed by atoms with E-state index in [1.165, 1.54) is 15.5 Å². The number of carboxylic acid groups (broad SMARTS) is 1. The van der Waals surface area contributed by atoms with Crippen molar-refractivity contribution >= 4 is 11.8 Å². The fourth-order valence-electron chi connectivity index (χ4n) is 3.49. The van der Waals surface area contributed by atoms with Crippen LogP contribution >= 0.6 is 0 Å². The molecular formula is C18H19FN2O3. The van der Waals surface area contributed by atoms with Crippen molar-refractivity contribution in [3.05, 3.63) is 63.3 Å². The Balaban J connectivity index is 2.16. The van der Waals surface area contributed by atoms with Gasteiger partial charge in [-0.05, 0) is 17.7 Å². The zero-order valence-corrected chi connectivity index (χ0v) is 13.8. The summed E-state index contributed by atoms with van der Waals surface area (Å²) in [7, 11) is 1.64. The largest absolute Gasteiger partial charge is 0.465 e. The van der Waals surface area contributed by atoms with Crippen LogP contribution in [0.4, 0.5) is 14.9 Å². The van der Waals surface area contributed by atoms with Gasteiger partial charge in [0.2, 0.25) is 0 Å². The molecule has 1 amide bonds. The molecule has 6 heteroatoms. The number of halogens is 1. The Morgan fingerprint density at radius 1 is 1.29 bits per heavy atom. The molecule has 3 rings (SSSR count). The van der Waals surface area contributed by atoms with E-state index in [1.807, 2.05) is 13.8 Å². The summed E-state index contributed by atoms with van der Waals surface area (Å²) in [5.74, 6) is -0.379. The molecule has 0 saturated carbocycles. The molecule has 24 heavy (non-hydrogen) atoms. The number of anilines is 1. The molecule has 5 nitrogen and oxygen atoms in total. The fraction of sp³-hybridized carbons (Fsp3) is 0.333. The van der Waals surface area contributed by atoms with Crippen molar-refractivity contribution in [1.29, 1.82) is 0 Å². The highest BCUT2D eigenvalue weighted by Gasteiger charge is 2.40. The van der Waals surface area contributed by atoms with Gasteiger partial charge in [0.05, 0.1) is 11.4 Å². The van der Waals surface area contributed by atoms with E-state index in [0.29, 0.717) is 22.5 Å². The van der Waals surface area contributed by atoms with Crippen LogP contribution in [-0.2, 0) is 18.9 Å². The Morgan fingerprint density at radius 2 is 1.96 bits per heavy atom. The van der Waals surface area contributed by atoms with Crippen LogP contribution in [0.2, 0.25) is 0 Å². The Morgan fingerprint density at radius 3 is 2.58 bits per heavy atom. The predicted molar refractivity (Wildman–Crippen MR) is 89.3 cm³/mol. The van der Waals surface area contributed by atoms with Crippen LogP contribution in [0, 0.1) is 5.82 Å². The maximum atomic E-state index is 13.9. The molecule has 0 unspecified atom stereocenters. The highest BCUT2D eigenvalue weighted by Crippen LogP contribution is 2.39. The first kappa shape index (κ1) is 16.2. The van der Waals surface area contributed by atoms with Gasteiger partial charge >= 0.3 is 6.09 Å². The van der Waals surface area contributed by atoms with E-state index < -0.39 is 11.5 Å². The molecule has 2 aromatic rings. The lowest BCUT2D eigenvalue weighted by Crippen LogP contribution is -2.33. The van der Waals surface area contributed by atoms with E-state index in [9.17, 15) is 19.1 Å². The van der Waals surface area contributed by atoms with Crippen LogP contribution in [0.25, 0.3) is 0 Å². The topological polar surface area (TPSA) is 62.5 Å². The summed E-state index contributed by atoms with van der Waals surface area (Å²) in [6.07, 6.45) is -0.933. The van der Waals surface area contributed by atoms with Gasteiger partial charge in [-0.3, -0.25) is 9.69 Å². The molecule has 1 aliphatic rings. The molecule has 0 bridgehead atoms. The van der Waals surface area contributed by atoms with Gasteiger partial charge in [-0.15, -0.1) is 0 Å². The van der Waals surface area contributed by atoms with E-state index in [1.54, 1.807) is 31.3 Å². The van der Waals surface area contributed by atoms with Crippen molar-refractivity contribution in [2.24, 2.45) is 7.05 Å². The van der Waals surface area contributed by atoms with Gasteiger partial charge in [-0.25, -0.2) is 9.18 Å². The monoisotopic (exact) mass is 330 g/mol. The Hall–Kier alpha value is -2.63. The van der Waals surface area contributed by atoms with Crippen LogP contribution in [0.1, 0.15) is 30.7 Å². The number of hydrogen-bond acceptors (Lipinski definition) is 2. The van der Waals surface area contributed by atoms with Gasteiger partial charge in [0.25, 0.3) is 5.56 Å². The Bertz CT molecular complexity index is 886. The summed E-state index contributed by atoms with van der Waals surface area (Å²) in [6, 6.07) is 7.87. The number of hydrogen-bond donors (Lipinski definition) is 1. The third-order valence-electron chi connectivity index (χ3n) is 4.52. The summed E-state index contributed by atoms with van der Waals surface area (Å²) < 4.78 is 15.4. The zero-order chi connectivity index (χ0) is 17.6. The van der Waals surface area contributed by atoms with Gasteiger partial charge in [0.1, 0.15) is 5.82 Å². The quantitative estimate of drug-likeness (QED) is 0.921. The van der Waals surface area contributed by atoms with Gasteiger partial charge in [-0.1, -0.05) is 32.0 Å². The number of benzene rings is 1. The van der Waals surface area contributed by atoms with Crippen molar-refractivity contribution in [3.8, 4) is 0 Å². The van der Waals surface area contributed by atoms with Crippen molar-refractivity contribution in [2.75, 3.05) is 11.4 Å². The van der Waals surface area contributed by atoms with Crippen LogP contribution in [0.3, 0.4) is 0 Å². The summed E-state index contributed by atoms with van der Waals surface area (Å²) in [5.41, 5.74) is 1.29. The lowest BCUT2D eigenvalue weighted by molar-refractivity contribution is 0.201. The summed E-state index contributed by atoms with van der Waals surface area (Å²) in [5, 5.41) is 9.46. The molecule has 126 valence electrons. The number of amides is 1. The number of aromatic nitrogens is 1. The molecule has 1 aromatic heterocycles. The summed E-state index contributed by atoms with van der Waals surface area (Å²) in [4.78, 5) is 25.5. The average Bonchev–Trinajstić information content (AvgIpc) is 2.78. The van der Waals surface area contributed by atoms with E-state index in [4.69, 9.17) is 0 Å². The lowest BCUT2D eigenvalue weighted by atomic mass is 9.90. The molecular weight excluding hydrogens is 311 g/mol. The van der Waals surface area contributed by atoms with Gasteiger partial charge in [0.15, 0.2) is 0 Å². The zero-order valence-electron chi connectivity index (χ0n) is 13.8. The average molecular weight is 330 g/mol. The summed E-state index contributed by atoms with van der Waals surface area (Å²) >= 11 is 0. The third-order valence-corrected chi connectivity index (χ3v) is 4.52. The Labute approximate surface area is 139 Å². The molecule has 1 N–H and O–H groups in total. The second-order valence-corrected chi connectivity index (χ2v) is 6.79. The highest BCUT2D eigenvalue weighted by molar-refractivity contribution is 5.89. The van der Waals surface area contributed by atoms with E-state index in [-0.39, 0.29) is 24.3 Å². The Kier molecular flexibility index (Phi) is 3.70. The van der Waals surface area contributed by atoms with Crippen LogP contribution in [0.5, 0.6) is 0 Å². The molecule has 0 fully saturated rings. The number of nitrogens with zero attached hydrogens (tertiary/aromatic N) is 2. The third kappa shape index (κ3) is 2.48. The first-order valence-corrected chi connectivity index (χ1v) is 7.69. The fourth-order valence-corrected chi connectivity index (χ4v) is 3.49. The van der Waals surface area contributed by atoms with E-state index in [2.05, 4.69) is 0 Å². The number of pyridine rings is 1. The van der Waals surface area contributed by atoms with Crippen molar-refractivity contribution < 1.29 is 14.3 Å². The van der Waals surface area contributed by atoms with Gasteiger partial charge in [-0.2, -0.15) is 0 Å². The van der Waals surface area contributed by atoms with Crippen molar-refractivity contribution in [2.45, 2.75) is 25.7 Å². The van der Waals surface area contributed by atoms with Crippen molar-refractivity contribution in [3.63, 3.8) is 0 Å². The maximum absolute atomic E-state index is 13.9. The standard InChI is InChI=1S/C18H19FN2O3/c1-18(2)10-21(17(23)24)14-9-12(16(22)20(3)15(14)18)8-11-6-4-5-7-13(11)19/h4-7,9H,8,10H2,1-3H3,(H,23,24). The van der Waals surface area contributed by atoms with Crippen LogP contribution in [-0.4, -0.2) is 22.3 Å². The summed E-state index contributed by atoms with van der Waals surface area (Å²) in [6.45, 7) is 4.10. The molecule has 0 aliphatic carbocycles. The second-order valence-electron chi connectivity index (χ2n) is 6.79. The first-order valence-electron chi connectivity index (χ1n) is 7.69. The lowest BCUT2D eigenvalue weighted by Gasteiger charge is -2.20. The van der Waals surface area contributed by atoms with Crippen molar-refractivity contribution in [1.82, 2.24) is 4.57 Å². The molecule has 0 saturated heterocycles. The predicted octanol–water partition coefficient (Wildman–Crippen LogP) is 2.89. The number of rotatable bonds is 2. The number of fused-ring (bicyclic) bond motifs is 1. The molecule has 0 radical (unpaired) electrons. The van der Waals surface area contributed by atoms with Crippen LogP contribution in [0.15, 0.2) is 35.1 Å². The van der Waals surface area contributed by atoms with E-state index in [0.717, 1.165) is 0 Å². The molecule has 0 atom stereocenters. The van der Waals surface area contributed by atoms with Crippen LogP contribution < -0.4 is 10.5 Å². The smallest absolute Gasteiger partial charge is 0.411 e. The first-order chi connectivity index (χ1) is 11.2. The van der Waals surface area contributed by atoms with Gasteiger partial charge < -0.3 is 9.67 Å². The SMILES string of the molecule is Cn1c2c(cc(Cc3ccccc3F)c1=O)N(C(=O)O)CC2(C)C. The molecule has 1 aromatic carbocycles. The number of carbonyl (C=O) groups is 1. The molecule has 2 heterocycles. The molecule has 0 spiro atoms. The minimum atomic E-state index is -1.06. The second kappa shape index (κ2) is 5.47. The normalized spacial score (nSPS) is 15.4. The van der Waals surface area contributed by atoms with E-state index >= 15 is 0 Å². The molecule has 1 aliphatic heterocycles. The minimum Gasteiger partial charge on any atom is -0.465 e. The highest BCUT2D eigenvalue weighted by atomic mass is 19.1.